The van der Waals surface area contributed by atoms with E-state index in [1.165, 1.54) is 18.2 Å². The molecule has 0 aliphatic heterocycles. The number of nitrogen functional groups attached to an aromatic ring is 1. The maximum Gasteiger partial charge on any atom is 0.253 e. The Labute approximate surface area is 101 Å². The zero-order valence-electron chi connectivity index (χ0n) is 10.3. The van der Waals surface area contributed by atoms with E-state index >= 15 is 0 Å². The van der Waals surface area contributed by atoms with Crippen LogP contribution in [-0.2, 0) is 0 Å². The SMILES string of the molecule is CC(CNC(=O)c1cccc(F)c1N)N(C)C. The fourth-order valence-electron chi connectivity index (χ4n) is 1.25. The van der Waals surface area contributed by atoms with E-state index in [2.05, 4.69) is 5.32 Å². The van der Waals surface area contributed by atoms with Crippen molar-refractivity contribution < 1.29 is 9.18 Å². The van der Waals surface area contributed by atoms with Crippen LogP contribution in [0.15, 0.2) is 18.2 Å². The molecule has 1 rings (SSSR count). The average Bonchev–Trinajstić information content (AvgIpc) is 2.29. The molecule has 0 saturated heterocycles. The highest BCUT2D eigenvalue weighted by Gasteiger charge is 2.13. The molecule has 3 N–H and O–H groups in total. The number of likely N-dealkylation sites (N-methyl/N-ethyl adjacent to an activating group) is 1. The van der Waals surface area contributed by atoms with Crippen LogP contribution in [-0.4, -0.2) is 37.5 Å². The number of carbonyl (C=O) groups is 1. The van der Waals surface area contributed by atoms with Gasteiger partial charge in [0.05, 0.1) is 11.3 Å². The molecule has 0 fully saturated rings. The highest BCUT2D eigenvalue weighted by Crippen LogP contribution is 2.15. The van der Waals surface area contributed by atoms with Crippen molar-refractivity contribution in [2.75, 3.05) is 26.4 Å². The first-order valence-corrected chi connectivity index (χ1v) is 5.42. The predicted molar refractivity (Wildman–Crippen MR) is 66.3 cm³/mol. The summed E-state index contributed by atoms with van der Waals surface area (Å²) in [5.74, 6) is -0.922. The van der Waals surface area contributed by atoms with Crippen LogP contribution >= 0.6 is 0 Å². The minimum atomic E-state index is -0.571. The van der Waals surface area contributed by atoms with Crippen LogP contribution in [0.25, 0.3) is 0 Å². The normalized spacial score (nSPS) is 12.5. The minimum absolute atomic E-state index is 0.109. The van der Waals surface area contributed by atoms with Gasteiger partial charge in [0.1, 0.15) is 5.82 Å². The number of amides is 1. The molecule has 1 unspecified atom stereocenters. The van der Waals surface area contributed by atoms with Crippen molar-refractivity contribution in [3.05, 3.63) is 29.6 Å². The Morgan fingerprint density at radius 1 is 1.53 bits per heavy atom. The monoisotopic (exact) mass is 239 g/mol. The maximum atomic E-state index is 13.2. The molecule has 17 heavy (non-hydrogen) atoms. The van der Waals surface area contributed by atoms with Gasteiger partial charge in [0.15, 0.2) is 0 Å². The molecule has 1 aromatic carbocycles. The van der Waals surface area contributed by atoms with Crippen LogP contribution in [0.1, 0.15) is 17.3 Å². The molecule has 0 radical (unpaired) electrons. The van der Waals surface area contributed by atoms with Crippen LogP contribution in [0.4, 0.5) is 10.1 Å². The number of hydrogen-bond acceptors (Lipinski definition) is 3. The number of carbonyl (C=O) groups excluding carboxylic acids is 1. The number of nitrogens with zero attached hydrogens (tertiary/aromatic N) is 1. The third-order valence-electron chi connectivity index (χ3n) is 2.74. The van der Waals surface area contributed by atoms with Gasteiger partial charge in [-0.1, -0.05) is 6.07 Å². The van der Waals surface area contributed by atoms with Crippen LogP contribution in [0, 0.1) is 5.82 Å². The summed E-state index contributed by atoms with van der Waals surface area (Å²) in [6.45, 7) is 2.47. The standard InChI is InChI=1S/C12H18FN3O/c1-8(16(2)3)7-15-12(17)9-5-4-6-10(13)11(9)14/h4-6,8H,7,14H2,1-3H3,(H,15,17). The molecule has 0 heterocycles. The second kappa shape index (κ2) is 5.63. The fourth-order valence-corrected chi connectivity index (χ4v) is 1.25. The summed E-state index contributed by atoms with van der Waals surface area (Å²) in [6.07, 6.45) is 0. The van der Waals surface area contributed by atoms with Crippen molar-refractivity contribution in [1.82, 2.24) is 10.2 Å². The van der Waals surface area contributed by atoms with Crippen molar-refractivity contribution in [2.24, 2.45) is 0 Å². The lowest BCUT2D eigenvalue weighted by Crippen LogP contribution is -2.38. The van der Waals surface area contributed by atoms with E-state index in [9.17, 15) is 9.18 Å². The van der Waals surface area contributed by atoms with Gasteiger partial charge >= 0.3 is 0 Å². The number of para-hydroxylation sites is 1. The molecular formula is C12H18FN3O. The van der Waals surface area contributed by atoms with E-state index in [-0.39, 0.29) is 23.2 Å². The third kappa shape index (κ3) is 3.42. The molecule has 1 atom stereocenters. The van der Waals surface area contributed by atoms with Gasteiger partial charge in [0, 0.05) is 12.6 Å². The van der Waals surface area contributed by atoms with Crippen LogP contribution < -0.4 is 11.1 Å². The summed E-state index contributed by atoms with van der Waals surface area (Å²) in [6, 6.07) is 4.41. The first-order chi connectivity index (χ1) is 7.93. The first kappa shape index (κ1) is 13.4. The molecule has 0 aliphatic rings. The molecule has 5 heteroatoms. The van der Waals surface area contributed by atoms with Crippen LogP contribution in [0.3, 0.4) is 0 Å². The van der Waals surface area contributed by atoms with Gasteiger partial charge in [-0.15, -0.1) is 0 Å². The number of anilines is 1. The Morgan fingerprint density at radius 3 is 2.76 bits per heavy atom. The largest absolute Gasteiger partial charge is 0.396 e. The summed E-state index contributed by atoms with van der Waals surface area (Å²) in [7, 11) is 3.85. The predicted octanol–water partition coefficient (Wildman–Crippen LogP) is 1.09. The molecule has 1 amide bonds. The van der Waals surface area contributed by atoms with Gasteiger partial charge in [-0.05, 0) is 33.2 Å². The number of nitrogens with one attached hydrogen (secondary N) is 1. The number of benzene rings is 1. The van der Waals surface area contributed by atoms with Gasteiger partial charge in [0.2, 0.25) is 0 Å². The van der Waals surface area contributed by atoms with Gasteiger partial charge in [-0.3, -0.25) is 4.79 Å². The summed E-state index contributed by atoms with van der Waals surface area (Å²) < 4.78 is 13.2. The maximum absolute atomic E-state index is 13.2. The zero-order valence-corrected chi connectivity index (χ0v) is 10.3. The highest BCUT2D eigenvalue weighted by molar-refractivity contribution is 5.99. The lowest BCUT2D eigenvalue weighted by Gasteiger charge is -2.20. The van der Waals surface area contributed by atoms with E-state index in [0.29, 0.717) is 6.54 Å². The second-order valence-electron chi connectivity index (χ2n) is 4.22. The number of halogens is 1. The van der Waals surface area contributed by atoms with Gasteiger partial charge in [-0.2, -0.15) is 0 Å². The Morgan fingerprint density at radius 2 is 2.18 bits per heavy atom. The molecule has 0 aliphatic carbocycles. The highest BCUT2D eigenvalue weighted by atomic mass is 19.1. The minimum Gasteiger partial charge on any atom is -0.396 e. The van der Waals surface area contributed by atoms with E-state index in [4.69, 9.17) is 5.73 Å². The number of hydrogen-bond donors (Lipinski definition) is 2. The molecule has 0 spiro atoms. The van der Waals surface area contributed by atoms with Crippen LogP contribution in [0.5, 0.6) is 0 Å². The Kier molecular flexibility index (Phi) is 4.45. The van der Waals surface area contributed by atoms with Crippen molar-refractivity contribution in [3.63, 3.8) is 0 Å². The Bertz CT molecular complexity index is 407. The molecule has 0 bridgehead atoms. The molecule has 94 valence electrons. The summed E-state index contributed by atoms with van der Waals surface area (Å²) in [5, 5.41) is 2.72. The van der Waals surface area contributed by atoms with Gasteiger partial charge in [-0.25, -0.2) is 4.39 Å². The number of rotatable bonds is 4. The average molecular weight is 239 g/mol. The second-order valence-corrected chi connectivity index (χ2v) is 4.22. The van der Waals surface area contributed by atoms with Crippen molar-refractivity contribution >= 4 is 11.6 Å². The Hall–Kier alpha value is -1.62. The molecule has 4 nitrogen and oxygen atoms in total. The molecule has 0 aromatic heterocycles. The van der Waals surface area contributed by atoms with E-state index in [0.717, 1.165) is 0 Å². The molecular weight excluding hydrogens is 221 g/mol. The smallest absolute Gasteiger partial charge is 0.253 e. The van der Waals surface area contributed by atoms with Crippen molar-refractivity contribution in [2.45, 2.75) is 13.0 Å². The van der Waals surface area contributed by atoms with Gasteiger partial charge < -0.3 is 16.0 Å². The van der Waals surface area contributed by atoms with Gasteiger partial charge in [0.25, 0.3) is 5.91 Å². The summed E-state index contributed by atoms with van der Waals surface area (Å²) in [4.78, 5) is 13.7. The van der Waals surface area contributed by atoms with E-state index in [1.54, 1.807) is 0 Å². The third-order valence-corrected chi connectivity index (χ3v) is 2.74. The van der Waals surface area contributed by atoms with Crippen molar-refractivity contribution in [3.8, 4) is 0 Å². The summed E-state index contributed by atoms with van der Waals surface area (Å²) >= 11 is 0. The summed E-state index contributed by atoms with van der Waals surface area (Å²) in [5.41, 5.74) is 5.57. The Balaban J connectivity index is 2.68. The molecule has 0 saturated carbocycles. The first-order valence-electron chi connectivity index (χ1n) is 5.42. The lowest BCUT2D eigenvalue weighted by atomic mass is 10.1. The topological polar surface area (TPSA) is 58.4 Å². The quantitative estimate of drug-likeness (QED) is 0.773. The van der Waals surface area contributed by atoms with Crippen molar-refractivity contribution in [1.29, 1.82) is 0 Å². The molecule has 1 aromatic rings. The van der Waals surface area contributed by atoms with Crippen LogP contribution in [0.2, 0.25) is 0 Å². The zero-order chi connectivity index (χ0) is 13.0. The van der Waals surface area contributed by atoms with E-state index in [1.807, 2.05) is 25.9 Å². The lowest BCUT2D eigenvalue weighted by molar-refractivity contribution is 0.0944. The van der Waals surface area contributed by atoms with E-state index < -0.39 is 5.82 Å². The number of nitrogens with two attached hydrogens (primary N) is 1. The fraction of sp³-hybridized carbons (Fsp3) is 0.417.